The SMILES string of the molecule is COc1cccc2c(C)cc(SCC(=O)NC3CCCCC3)nc12. The molecule has 5 heteroatoms. The Morgan fingerprint density at radius 2 is 2.12 bits per heavy atom. The van der Waals surface area contributed by atoms with Gasteiger partial charge in [0.2, 0.25) is 5.91 Å². The molecule has 1 aliphatic carbocycles. The summed E-state index contributed by atoms with van der Waals surface area (Å²) in [5.74, 6) is 1.28. The molecule has 128 valence electrons. The molecule has 0 unspecified atom stereocenters. The maximum atomic E-state index is 12.2. The molecule has 0 aliphatic heterocycles. The molecule has 1 heterocycles. The molecular formula is C19H24N2O2S. The second-order valence-corrected chi connectivity index (χ2v) is 7.32. The topological polar surface area (TPSA) is 51.2 Å². The van der Waals surface area contributed by atoms with E-state index in [1.807, 2.05) is 24.3 Å². The lowest BCUT2D eigenvalue weighted by molar-refractivity contribution is -0.119. The fourth-order valence-electron chi connectivity index (χ4n) is 3.26. The predicted octanol–water partition coefficient (Wildman–Crippen LogP) is 4.09. The van der Waals surface area contributed by atoms with Gasteiger partial charge in [-0.1, -0.05) is 43.2 Å². The van der Waals surface area contributed by atoms with E-state index in [1.165, 1.54) is 31.0 Å². The van der Waals surface area contributed by atoms with E-state index < -0.39 is 0 Å². The number of pyridine rings is 1. The van der Waals surface area contributed by atoms with E-state index >= 15 is 0 Å². The van der Waals surface area contributed by atoms with Crippen LogP contribution in [-0.4, -0.2) is 29.8 Å². The van der Waals surface area contributed by atoms with Crippen LogP contribution >= 0.6 is 11.8 Å². The van der Waals surface area contributed by atoms with Gasteiger partial charge in [0, 0.05) is 11.4 Å². The van der Waals surface area contributed by atoms with E-state index in [0.717, 1.165) is 40.1 Å². The van der Waals surface area contributed by atoms with Crippen molar-refractivity contribution in [1.29, 1.82) is 0 Å². The number of rotatable bonds is 5. The highest BCUT2D eigenvalue weighted by molar-refractivity contribution is 7.99. The number of para-hydroxylation sites is 1. The average molecular weight is 344 g/mol. The van der Waals surface area contributed by atoms with E-state index in [0.29, 0.717) is 11.8 Å². The largest absolute Gasteiger partial charge is 0.494 e. The van der Waals surface area contributed by atoms with Crippen LogP contribution in [0.4, 0.5) is 0 Å². The van der Waals surface area contributed by atoms with Crippen molar-refractivity contribution in [2.45, 2.75) is 50.1 Å². The van der Waals surface area contributed by atoms with Gasteiger partial charge < -0.3 is 10.1 Å². The Kier molecular flexibility index (Phi) is 5.61. The molecule has 1 saturated carbocycles. The number of aryl methyl sites for hydroxylation is 1. The van der Waals surface area contributed by atoms with Gasteiger partial charge in [0.15, 0.2) is 0 Å². The molecule has 1 aromatic heterocycles. The lowest BCUT2D eigenvalue weighted by atomic mass is 9.95. The Morgan fingerprint density at radius 3 is 2.88 bits per heavy atom. The molecule has 0 atom stereocenters. The Hall–Kier alpha value is -1.75. The van der Waals surface area contributed by atoms with Crippen LogP contribution in [0.2, 0.25) is 0 Å². The molecule has 2 aromatic rings. The van der Waals surface area contributed by atoms with Crippen molar-refractivity contribution < 1.29 is 9.53 Å². The third-order valence-corrected chi connectivity index (χ3v) is 5.44. The Bertz CT molecular complexity index is 727. The first-order valence-electron chi connectivity index (χ1n) is 8.54. The number of hydrogen-bond acceptors (Lipinski definition) is 4. The van der Waals surface area contributed by atoms with Crippen molar-refractivity contribution in [3.8, 4) is 5.75 Å². The van der Waals surface area contributed by atoms with Crippen molar-refractivity contribution in [3.63, 3.8) is 0 Å². The third kappa shape index (κ3) is 4.01. The van der Waals surface area contributed by atoms with Crippen molar-refractivity contribution in [2.75, 3.05) is 12.9 Å². The Labute approximate surface area is 147 Å². The second kappa shape index (κ2) is 7.88. The second-order valence-electron chi connectivity index (χ2n) is 6.32. The first kappa shape index (κ1) is 17.1. The fraction of sp³-hybridized carbons (Fsp3) is 0.474. The van der Waals surface area contributed by atoms with E-state index in [-0.39, 0.29) is 5.91 Å². The van der Waals surface area contributed by atoms with Gasteiger partial charge in [0.1, 0.15) is 11.3 Å². The number of fused-ring (bicyclic) bond motifs is 1. The number of nitrogens with one attached hydrogen (secondary N) is 1. The Morgan fingerprint density at radius 1 is 1.33 bits per heavy atom. The smallest absolute Gasteiger partial charge is 0.230 e. The summed E-state index contributed by atoms with van der Waals surface area (Å²) in [5, 5.41) is 5.10. The fourth-order valence-corrected chi connectivity index (χ4v) is 4.03. The summed E-state index contributed by atoms with van der Waals surface area (Å²) in [6.45, 7) is 2.07. The number of methoxy groups -OCH3 is 1. The zero-order valence-electron chi connectivity index (χ0n) is 14.3. The number of hydrogen-bond donors (Lipinski definition) is 1. The van der Waals surface area contributed by atoms with Gasteiger partial charge in [0.05, 0.1) is 17.9 Å². The summed E-state index contributed by atoms with van der Waals surface area (Å²) in [5.41, 5.74) is 2.00. The van der Waals surface area contributed by atoms with Crippen LogP contribution < -0.4 is 10.1 Å². The predicted molar refractivity (Wildman–Crippen MR) is 98.8 cm³/mol. The molecule has 3 rings (SSSR count). The third-order valence-electron chi connectivity index (χ3n) is 4.53. The molecule has 0 bridgehead atoms. The van der Waals surface area contributed by atoms with Crippen molar-refractivity contribution in [1.82, 2.24) is 10.3 Å². The summed E-state index contributed by atoms with van der Waals surface area (Å²) in [4.78, 5) is 16.9. The van der Waals surface area contributed by atoms with Crippen LogP contribution in [0.25, 0.3) is 10.9 Å². The number of aromatic nitrogens is 1. The van der Waals surface area contributed by atoms with Gasteiger partial charge in [-0.15, -0.1) is 0 Å². The van der Waals surface area contributed by atoms with Gasteiger partial charge in [-0.25, -0.2) is 4.98 Å². The molecule has 1 fully saturated rings. The molecule has 1 aromatic carbocycles. The molecule has 1 aliphatic rings. The highest BCUT2D eigenvalue weighted by Crippen LogP contribution is 2.29. The number of benzene rings is 1. The number of carbonyl (C=O) groups is 1. The summed E-state index contributed by atoms with van der Waals surface area (Å²) in [7, 11) is 1.66. The van der Waals surface area contributed by atoms with Gasteiger partial charge >= 0.3 is 0 Å². The van der Waals surface area contributed by atoms with Crippen LogP contribution in [-0.2, 0) is 4.79 Å². The lowest BCUT2D eigenvalue weighted by Crippen LogP contribution is -2.37. The maximum Gasteiger partial charge on any atom is 0.230 e. The Balaban J connectivity index is 1.67. The van der Waals surface area contributed by atoms with Gasteiger partial charge in [-0.05, 0) is 37.5 Å². The van der Waals surface area contributed by atoms with Crippen LogP contribution in [0.1, 0.15) is 37.7 Å². The minimum atomic E-state index is 0.103. The van der Waals surface area contributed by atoms with Crippen molar-refractivity contribution >= 4 is 28.6 Å². The molecule has 0 spiro atoms. The first-order chi connectivity index (χ1) is 11.7. The molecule has 4 nitrogen and oxygen atoms in total. The summed E-state index contributed by atoms with van der Waals surface area (Å²) < 4.78 is 5.41. The van der Waals surface area contributed by atoms with E-state index in [4.69, 9.17) is 4.74 Å². The average Bonchev–Trinajstić information content (AvgIpc) is 2.60. The molecule has 1 amide bonds. The zero-order chi connectivity index (χ0) is 16.9. The normalized spacial score (nSPS) is 15.4. The standard InChI is InChI=1S/C19H24N2O2S/c1-13-11-18(21-19-15(13)9-6-10-16(19)23-2)24-12-17(22)20-14-7-4-3-5-8-14/h6,9-11,14H,3-5,7-8,12H2,1-2H3,(H,20,22). The van der Waals surface area contributed by atoms with Crippen molar-refractivity contribution in [3.05, 3.63) is 29.8 Å². The summed E-state index contributed by atoms with van der Waals surface area (Å²) in [6, 6.07) is 8.34. The zero-order valence-corrected chi connectivity index (χ0v) is 15.1. The quantitative estimate of drug-likeness (QED) is 0.830. The number of amides is 1. The number of nitrogens with zero attached hydrogens (tertiary/aromatic N) is 1. The van der Waals surface area contributed by atoms with Gasteiger partial charge in [-0.3, -0.25) is 4.79 Å². The maximum absolute atomic E-state index is 12.2. The van der Waals surface area contributed by atoms with Gasteiger partial charge in [-0.2, -0.15) is 0 Å². The van der Waals surface area contributed by atoms with E-state index in [1.54, 1.807) is 7.11 Å². The molecule has 1 N–H and O–H groups in total. The minimum absolute atomic E-state index is 0.103. The monoisotopic (exact) mass is 344 g/mol. The molecular weight excluding hydrogens is 320 g/mol. The highest BCUT2D eigenvalue weighted by atomic mass is 32.2. The molecule has 0 saturated heterocycles. The first-order valence-corrected chi connectivity index (χ1v) is 9.52. The van der Waals surface area contributed by atoms with E-state index in [9.17, 15) is 4.79 Å². The minimum Gasteiger partial charge on any atom is -0.494 e. The van der Waals surface area contributed by atoms with Crippen LogP contribution in [0.3, 0.4) is 0 Å². The van der Waals surface area contributed by atoms with Crippen LogP contribution in [0.15, 0.2) is 29.3 Å². The summed E-state index contributed by atoms with van der Waals surface area (Å²) in [6.07, 6.45) is 5.97. The molecule has 24 heavy (non-hydrogen) atoms. The highest BCUT2D eigenvalue weighted by Gasteiger charge is 2.16. The number of thioether (sulfide) groups is 1. The van der Waals surface area contributed by atoms with Gasteiger partial charge in [0.25, 0.3) is 0 Å². The molecule has 0 radical (unpaired) electrons. The van der Waals surface area contributed by atoms with Crippen molar-refractivity contribution in [2.24, 2.45) is 0 Å². The van der Waals surface area contributed by atoms with Crippen LogP contribution in [0.5, 0.6) is 5.75 Å². The number of carbonyl (C=O) groups excluding carboxylic acids is 1. The van der Waals surface area contributed by atoms with Crippen LogP contribution in [0, 0.1) is 6.92 Å². The lowest BCUT2D eigenvalue weighted by Gasteiger charge is -2.22. The number of ether oxygens (including phenoxy) is 1. The summed E-state index contributed by atoms with van der Waals surface area (Å²) >= 11 is 1.49. The van der Waals surface area contributed by atoms with E-state index in [2.05, 4.69) is 17.2 Å².